The number of hydrogen-bond donors (Lipinski definition) is 0. The fourth-order valence-corrected chi connectivity index (χ4v) is 4.23. The van der Waals surface area contributed by atoms with E-state index in [1.807, 2.05) is 24.3 Å². The second-order valence-corrected chi connectivity index (χ2v) is 7.45. The number of fused-ring (bicyclic) bond motifs is 1. The number of para-hydroxylation sites is 1. The third-order valence-corrected chi connectivity index (χ3v) is 5.83. The number of benzene rings is 2. The van der Waals surface area contributed by atoms with E-state index in [2.05, 4.69) is 10.9 Å². The molecular formula is C20H18N2O4S. The van der Waals surface area contributed by atoms with Gasteiger partial charge in [0.25, 0.3) is 10.0 Å². The first-order valence-corrected chi connectivity index (χ1v) is 9.48. The van der Waals surface area contributed by atoms with E-state index < -0.39 is 10.0 Å². The Hall–Kier alpha value is -3.24. The molecule has 0 aliphatic rings. The van der Waals surface area contributed by atoms with Gasteiger partial charge in [-0.05, 0) is 24.3 Å². The van der Waals surface area contributed by atoms with E-state index in [0.29, 0.717) is 11.4 Å². The smallest absolute Gasteiger partial charge is 0.269 e. The number of aromatic nitrogens is 1. The maximum absolute atomic E-state index is 13.4. The maximum atomic E-state index is 13.4. The molecule has 2 aromatic carbocycles. The summed E-state index contributed by atoms with van der Waals surface area (Å²) in [5.41, 5.74) is 1.13. The summed E-state index contributed by atoms with van der Waals surface area (Å²) in [4.78, 5) is 4.30. The topological polar surface area (TPSA) is 68.7 Å². The Morgan fingerprint density at radius 1 is 1.11 bits per heavy atom. The van der Waals surface area contributed by atoms with Crippen LogP contribution in [-0.4, -0.2) is 34.2 Å². The fraction of sp³-hybridized carbons (Fsp3) is 0.150. The van der Waals surface area contributed by atoms with Gasteiger partial charge in [-0.1, -0.05) is 24.1 Å². The van der Waals surface area contributed by atoms with E-state index in [1.54, 1.807) is 18.2 Å². The zero-order chi connectivity index (χ0) is 19.4. The van der Waals surface area contributed by atoms with Crippen molar-refractivity contribution in [2.45, 2.75) is 4.90 Å². The average Bonchev–Trinajstić information content (AvgIpc) is 2.71. The van der Waals surface area contributed by atoms with Crippen molar-refractivity contribution < 1.29 is 17.9 Å². The number of pyridine rings is 1. The lowest BCUT2D eigenvalue weighted by atomic mass is 10.2. The van der Waals surface area contributed by atoms with Crippen LogP contribution in [0.4, 0.5) is 5.69 Å². The van der Waals surface area contributed by atoms with Gasteiger partial charge in [-0.3, -0.25) is 9.29 Å². The summed E-state index contributed by atoms with van der Waals surface area (Å²) in [7, 11) is -1.14. The van der Waals surface area contributed by atoms with Crippen LogP contribution in [0.2, 0.25) is 0 Å². The zero-order valence-electron chi connectivity index (χ0n) is 14.9. The molecular weight excluding hydrogens is 364 g/mol. The monoisotopic (exact) mass is 382 g/mol. The molecule has 0 bridgehead atoms. The van der Waals surface area contributed by atoms with Crippen LogP contribution in [0.3, 0.4) is 0 Å². The van der Waals surface area contributed by atoms with Gasteiger partial charge in [-0.25, -0.2) is 8.42 Å². The van der Waals surface area contributed by atoms with Crippen molar-refractivity contribution >= 4 is 26.6 Å². The molecule has 0 saturated carbocycles. The Morgan fingerprint density at radius 3 is 2.59 bits per heavy atom. The molecule has 1 aromatic heterocycles. The predicted molar refractivity (Wildman–Crippen MR) is 105 cm³/mol. The second-order valence-electron chi connectivity index (χ2n) is 5.62. The van der Waals surface area contributed by atoms with Crippen molar-refractivity contribution in [3.8, 4) is 23.8 Å². The Morgan fingerprint density at radius 2 is 1.89 bits per heavy atom. The van der Waals surface area contributed by atoms with Crippen LogP contribution in [0.1, 0.15) is 0 Å². The lowest BCUT2D eigenvalue weighted by Gasteiger charge is -2.23. The minimum Gasteiger partial charge on any atom is -0.497 e. The number of rotatable bonds is 6. The molecule has 7 heteroatoms. The van der Waals surface area contributed by atoms with Crippen LogP contribution in [0, 0.1) is 12.3 Å². The summed E-state index contributed by atoms with van der Waals surface area (Å²) < 4.78 is 38.3. The summed E-state index contributed by atoms with van der Waals surface area (Å²) in [6.07, 6.45) is 6.94. The molecule has 27 heavy (non-hydrogen) atoms. The van der Waals surface area contributed by atoms with Crippen LogP contribution < -0.4 is 13.8 Å². The summed E-state index contributed by atoms with van der Waals surface area (Å²) in [6.45, 7) is -0.150. The zero-order valence-corrected chi connectivity index (χ0v) is 15.7. The van der Waals surface area contributed by atoms with Gasteiger partial charge in [0, 0.05) is 11.5 Å². The largest absolute Gasteiger partial charge is 0.497 e. The number of nitrogens with zero attached hydrogens (tertiary/aromatic N) is 2. The van der Waals surface area contributed by atoms with Crippen LogP contribution in [-0.2, 0) is 10.0 Å². The number of ether oxygens (including phenoxy) is 2. The van der Waals surface area contributed by atoms with Gasteiger partial charge < -0.3 is 9.47 Å². The van der Waals surface area contributed by atoms with Gasteiger partial charge in [-0.2, -0.15) is 0 Å². The first-order valence-electron chi connectivity index (χ1n) is 8.04. The summed E-state index contributed by atoms with van der Waals surface area (Å²) in [6, 6.07) is 13.8. The molecule has 0 spiro atoms. The number of sulfonamides is 1. The summed E-state index contributed by atoms with van der Waals surface area (Å²) >= 11 is 0. The fourth-order valence-electron chi connectivity index (χ4n) is 2.70. The molecule has 138 valence electrons. The van der Waals surface area contributed by atoms with Gasteiger partial charge in [0.2, 0.25) is 0 Å². The number of methoxy groups -OCH3 is 2. The number of terminal acetylenes is 1. The average molecular weight is 382 g/mol. The Bertz CT molecular complexity index is 1120. The van der Waals surface area contributed by atoms with Crippen molar-refractivity contribution in [1.82, 2.24) is 4.98 Å². The van der Waals surface area contributed by atoms with E-state index in [0.717, 1.165) is 15.2 Å². The van der Waals surface area contributed by atoms with Gasteiger partial charge >= 0.3 is 0 Å². The quantitative estimate of drug-likeness (QED) is 0.613. The van der Waals surface area contributed by atoms with Crippen LogP contribution in [0.25, 0.3) is 10.9 Å². The van der Waals surface area contributed by atoms with Crippen LogP contribution >= 0.6 is 0 Å². The highest BCUT2D eigenvalue weighted by Gasteiger charge is 2.29. The molecule has 0 unspecified atom stereocenters. The third-order valence-electron chi connectivity index (χ3n) is 4.04. The lowest BCUT2D eigenvalue weighted by Crippen LogP contribution is -2.31. The van der Waals surface area contributed by atoms with E-state index in [4.69, 9.17) is 15.9 Å². The molecule has 1 heterocycles. The molecule has 0 aliphatic carbocycles. The van der Waals surface area contributed by atoms with Crippen LogP contribution in [0.5, 0.6) is 11.5 Å². The molecule has 0 radical (unpaired) electrons. The number of hydrogen-bond acceptors (Lipinski definition) is 5. The standard InChI is InChI=1S/C20H18N2O4S/c1-4-11-22(16-12-15-7-5-6-8-18(15)21-14-16)27(23,24)20-13-17(25-2)9-10-19(20)26-3/h1,5-10,12-14H,11H2,2-3H3. The van der Waals surface area contributed by atoms with Crippen molar-refractivity contribution in [2.24, 2.45) is 0 Å². The molecule has 0 saturated heterocycles. The van der Waals surface area contributed by atoms with Gasteiger partial charge in [0.15, 0.2) is 0 Å². The Balaban J connectivity index is 2.17. The molecule has 3 rings (SSSR count). The first kappa shape index (κ1) is 18.5. The normalized spacial score (nSPS) is 11.0. The SMILES string of the molecule is C#CCN(c1cnc2ccccc2c1)S(=O)(=O)c1cc(OC)ccc1OC. The lowest BCUT2D eigenvalue weighted by molar-refractivity contribution is 0.392. The highest BCUT2D eigenvalue weighted by molar-refractivity contribution is 7.93. The molecule has 6 nitrogen and oxygen atoms in total. The molecule has 0 amide bonds. The van der Waals surface area contributed by atoms with Gasteiger partial charge in [0.05, 0.1) is 38.2 Å². The summed E-state index contributed by atoms with van der Waals surface area (Å²) in [5.74, 6) is 3.00. The molecule has 3 aromatic rings. The van der Waals surface area contributed by atoms with E-state index in [1.165, 1.54) is 26.5 Å². The minimum absolute atomic E-state index is 0.0345. The molecule has 0 fully saturated rings. The minimum atomic E-state index is -4.01. The first-order chi connectivity index (χ1) is 13.0. The van der Waals surface area contributed by atoms with E-state index >= 15 is 0 Å². The molecule has 0 N–H and O–H groups in total. The van der Waals surface area contributed by atoms with Crippen molar-refractivity contribution in [1.29, 1.82) is 0 Å². The van der Waals surface area contributed by atoms with Crippen molar-refractivity contribution in [3.63, 3.8) is 0 Å². The Kier molecular flexibility index (Phi) is 5.19. The predicted octanol–water partition coefficient (Wildman–Crippen LogP) is 3.08. The van der Waals surface area contributed by atoms with Crippen molar-refractivity contribution in [2.75, 3.05) is 25.1 Å². The second kappa shape index (κ2) is 7.56. The van der Waals surface area contributed by atoms with Crippen molar-refractivity contribution in [3.05, 3.63) is 54.7 Å². The number of anilines is 1. The highest BCUT2D eigenvalue weighted by Crippen LogP contribution is 2.33. The van der Waals surface area contributed by atoms with E-state index in [-0.39, 0.29) is 17.2 Å². The molecule has 0 atom stereocenters. The third kappa shape index (κ3) is 3.52. The summed E-state index contributed by atoms with van der Waals surface area (Å²) in [5, 5.41) is 0.810. The van der Waals surface area contributed by atoms with Gasteiger partial charge in [-0.15, -0.1) is 6.42 Å². The highest BCUT2D eigenvalue weighted by atomic mass is 32.2. The van der Waals surface area contributed by atoms with E-state index in [9.17, 15) is 8.42 Å². The molecule has 0 aliphatic heterocycles. The van der Waals surface area contributed by atoms with Gasteiger partial charge in [0.1, 0.15) is 16.4 Å². The Labute approximate surface area is 158 Å². The maximum Gasteiger partial charge on any atom is 0.269 e. The van der Waals surface area contributed by atoms with Crippen LogP contribution in [0.15, 0.2) is 59.6 Å².